The molecule has 0 amide bonds. The van der Waals surface area contributed by atoms with Crippen molar-refractivity contribution in [3.05, 3.63) is 0 Å². The van der Waals surface area contributed by atoms with Crippen LogP contribution in [0.2, 0.25) is 0 Å². The van der Waals surface area contributed by atoms with Crippen molar-refractivity contribution >= 4 is 0 Å². The molecular formula is C12H26N2O. The molecule has 0 bridgehead atoms. The van der Waals surface area contributed by atoms with Crippen molar-refractivity contribution in [3.63, 3.8) is 0 Å². The first-order chi connectivity index (χ1) is 7.03. The lowest BCUT2D eigenvalue weighted by molar-refractivity contribution is 0.162. The maximum absolute atomic E-state index is 9.03. The Morgan fingerprint density at radius 1 is 1.53 bits per heavy atom. The zero-order valence-electron chi connectivity index (χ0n) is 10.2. The molecule has 0 spiro atoms. The van der Waals surface area contributed by atoms with Crippen LogP contribution < -0.4 is 5.73 Å². The number of rotatable bonds is 5. The molecule has 0 saturated carbocycles. The molecule has 1 rings (SSSR count). The first-order valence-electron chi connectivity index (χ1n) is 6.15. The molecule has 1 aliphatic rings. The molecule has 0 aromatic carbocycles. The summed E-state index contributed by atoms with van der Waals surface area (Å²) in [6, 6.07) is 0. The quantitative estimate of drug-likeness (QED) is 0.723. The molecule has 3 N–H and O–H groups in total. The largest absolute Gasteiger partial charge is 0.394 e. The van der Waals surface area contributed by atoms with E-state index in [1.165, 1.54) is 25.9 Å². The van der Waals surface area contributed by atoms with Gasteiger partial charge in [0.25, 0.3) is 0 Å². The first-order valence-corrected chi connectivity index (χ1v) is 6.15. The second kappa shape index (κ2) is 5.83. The number of hydrogen-bond acceptors (Lipinski definition) is 3. The third-order valence-electron chi connectivity index (χ3n) is 3.32. The van der Waals surface area contributed by atoms with E-state index in [2.05, 4.69) is 11.8 Å². The number of aliphatic hydroxyl groups excluding tert-OH is 1. The molecule has 0 aliphatic carbocycles. The van der Waals surface area contributed by atoms with Gasteiger partial charge in [-0.1, -0.05) is 6.92 Å². The molecule has 90 valence electrons. The van der Waals surface area contributed by atoms with E-state index < -0.39 is 0 Å². The Morgan fingerprint density at radius 2 is 2.27 bits per heavy atom. The van der Waals surface area contributed by atoms with Crippen LogP contribution in [-0.2, 0) is 0 Å². The van der Waals surface area contributed by atoms with Gasteiger partial charge in [-0.3, -0.25) is 0 Å². The minimum absolute atomic E-state index is 0.0867. The summed E-state index contributed by atoms with van der Waals surface area (Å²) in [7, 11) is 0. The Balaban J connectivity index is 2.14. The third kappa shape index (κ3) is 4.96. The summed E-state index contributed by atoms with van der Waals surface area (Å²) in [6.07, 6.45) is 4.72. The average molecular weight is 214 g/mol. The van der Waals surface area contributed by atoms with Crippen LogP contribution in [0.1, 0.15) is 39.5 Å². The van der Waals surface area contributed by atoms with E-state index in [-0.39, 0.29) is 12.1 Å². The number of hydrogen-bond donors (Lipinski definition) is 2. The van der Waals surface area contributed by atoms with Gasteiger partial charge in [0.1, 0.15) is 0 Å². The van der Waals surface area contributed by atoms with Crippen LogP contribution >= 0.6 is 0 Å². The Bertz CT molecular complexity index is 182. The lowest BCUT2D eigenvalue weighted by Crippen LogP contribution is -2.41. The summed E-state index contributed by atoms with van der Waals surface area (Å²) in [6.45, 7) is 7.95. The second-order valence-corrected chi connectivity index (χ2v) is 5.46. The zero-order chi connectivity index (χ0) is 11.3. The topological polar surface area (TPSA) is 49.5 Å². The van der Waals surface area contributed by atoms with E-state index in [1.807, 2.05) is 6.92 Å². The van der Waals surface area contributed by atoms with Crippen LogP contribution in [0.25, 0.3) is 0 Å². The maximum atomic E-state index is 9.03. The fourth-order valence-electron chi connectivity index (χ4n) is 2.28. The molecule has 1 aliphatic heterocycles. The highest BCUT2D eigenvalue weighted by atomic mass is 16.3. The molecular weight excluding hydrogens is 188 g/mol. The summed E-state index contributed by atoms with van der Waals surface area (Å²) in [5, 5.41) is 9.03. The van der Waals surface area contributed by atoms with Crippen LogP contribution in [0.15, 0.2) is 0 Å². The smallest absolute Gasteiger partial charge is 0.0608 e. The zero-order valence-corrected chi connectivity index (χ0v) is 10.2. The average Bonchev–Trinajstić information content (AvgIpc) is 2.18. The van der Waals surface area contributed by atoms with Gasteiger partial charge in [-0.15, -0.1) is 0 Å². The van der Waals surface area contributed by atoms with Gasteiger partial charge in [-0.05, 0) is 51.6 Å². The number of nitrogens with two attached hydrogens (primary N) is 1. The molecule has 1 heterocycles. The highest BCUT2D eigenvalue weighted by Crippen LogP contribution is 2.16. The third-order valence-corrected chi connectivity index (χ3v) is 3.32. The molecule has 1 fully saturated rings. The molecule has 2 atom stereocenters. The van der Waals surface area contributed by atoms with Gasteiger partial charge in [-0.2, -0.15) is 0 Å². The van der Waals surface area contributed by atoms with E-state index >= 15 is 0 Å². The predicted octanol–water partition coefficient (Wildman–Crippen LogP) is 1.21. The highest BCUT2D eigenvalue weighted by Gasteiger charge is 2.19. The van der Waals surface area contributed by atoms with Gasteiger partial charge in [0.15, 0.2) is 0 Å². The molecule has 1 saturated heterocycles. The lowest BCUT2D eigenvalue weighted by Gasteiger charge is -2.31. The first kappa shape index (κ1) is 12.9. The van der Waals surface area contributed by atoms with Crippen molar-refractivity contribution in [2.24, 2.45) is 11.7 Å². The van der Waals surface area contributed by atoms with Gasteiger partial charge in [0.05, 0.1) is 6.61 Å². The van der Waals surface area contributed by atoms with Crippen molar-refractivity contribution in [3.8, 4) is 0 Å². The number of nitrogens with zero attached hydrogens (tertiary/aromatic N) is 1. The Kier molecular flexibility index (Phi) is 5.03. The molecule has 15 heavy (non-hydrogen) atoms. The fraction of sp³-hybridized carbons (Fsp3) is 1.00. The second-order valence-electron chi connectivity index (χ2n) is 5.46. The Hall–Kier alpha value is -0.120. The van der Waals surface area contributed by atoms with Crippen LogP contribution in [0.4, 0.5) is 0 Å². The minimum Gasteiger partial charge on any atom is -0.394 e. The van der Waals surface area contributed by atoms with Crippen molar-refractivity contribution in [1.29, 1.82) is 0 Å². The monoisotopic (exact) mass is 214 g/mol. The standard InChI is InChI=1S/C12H26N2O/c1-11-5-3-7-14(9-11)8-4-6-12(2,13)10-15/h11,15H,3-10,13H2,1-2H3. The van der Waals surface area contributed by atoms with E-state index in [4.69, 9.17) is 10.8 Å². The van der Waals surface area contributed by atoms with Gasteiger partial charge >= 0.3 is 0 Å². The molecule has 3 nitrogen and oxygen atoms in total. The van der Waals surface area contributed by atoms with Crippen molar-refractivity contribution in [2.45, 2.75) is 45.1 Å². The maximum Gasteiger partial charge on any atom is 0.0608 e. The SMILES string of the molecule is CC1CCCN(CCCC(C)(N)CO)C1. The van der Waals surface area contributed by atoms with Crippen LogP contribution in [-0.4, -0.2) is 41.8 Å². The lowest BCUT2D eigenvalue weighted by atomic mass is 9.97. The molecule has 3 heteroatoms. The number of likely N-dealkylation sites (tertiary alicyclic amines) is 1. The van der Waals surface area contributed by atoms with Gasteiger partial charge < -0.3 is 15.7 Å². The van der Waals surface area contributed by atoms with Crippen molar-refractivity contribution in [1.82, 2.24) is 4.90 Å². The van der Waals surface area contributed by atoms with Gasteiger partial charge in [-0.25, -0.2) is 0 Å². The Labute approximate surface area is 93.6 Å². The predicted molar refractivity (Wildman–Crippen MR) is 63.8 cm³/mol. The van der Waals surface area contributed by atoms with Crippen molar-refractivity contribution in [2.75, 3.05) is 26.2 Å². The normalized spacial score (nSPS) is 27.6. The number of piperidine rings is 1. The summed E-state index contributed by atoms with van der Waals surface area (Å²) in [5.41, 5.74) is 5.50. The van der Waals surface area contributed by atoms with Crippen LogP contribution in [0, 0.1) is 5.92 Å². The van der Waals surface area contributed by atoms with E-state index in [0.717, 1.165) is 25.3 Å². The van der Waals surface area contributed by atoms with Crippen LogP contribution in [0.5, 0.6) is 0 Å². The number of aliphatic hydroxyl groups is 1. The minimum atomic E-state index is -0.387. The summed E-state index contributed by atoms with van der Waals surface area (Å²) in [4.78, 5) is 2.53. The molecule has 0 aromatic rings. The van der Waals surface area contributed by atoms with Gasteiger partial charge in [0, 0.05) is 12.1 Å². The van der Waals surface area contributed by atoms with Crippen molar-refractivity contribution < 1.29 is 5.11 Å². The molecule has 2 unspecified atom stereocenters. The highest BCUT2D eigenvalue weighted by molar-refractivity contribution is 4.78. The molecule has 0 aromatic heterocycles. The summed E-state index contributed by atoms with van der Waals surface area (Å²) < 4.78 is 0. The van der Waals surface area contributed by atoms with E-state index in [9.17, 15) is 0 Å². The van der Waals surface area contributed by atoms with Crippen LogP contribution in [0.3, 0.4) is 0 Å². The fourth-order valence-corrected chi connectivity index (χ4v) is 2.28. The summed E-state index contributed by atoms with van der Waals surface area (Å²) in [5.74, 6) is 0.848. The van der Waals surface area contributed by atoms with E-state index in [0.29, 0.717) is 0 Å². The Morgan fingerprint density at radius 3 is 2.87 bits per heavy atom. The van der Waals surface area contributed by atoms with Gasteiger partial charge in [0.2, 0.25) is 0 Å². The van der Waals surface area contributed by atoms with E-state index in [1.54, 1.807) is 0 Å². The summed E-state index contributed by atoms with van der Waals surface area (Å²) >= 11 is 0. The molecule has 0 radical (unpaired) electrons.